The fourth-order valence-electron chi connectivity index (χ4n) is 3.04. The van der Waals surface area contributed by atoms with E-state index in [1.165, 1.54) is 0 Å². The zero-order valence-corrected chi connectivity index (χ0v) is 15.5. The number of amides is 4. The Hall–Kier alpha value is -3.11. The van der Waals surface area contributed by atoms with Crippen molar-refractivity contribution in [3.8, 4) is 0 Å². The molecule has 146 valence electrons. The van der Waals surface area contributed by atoms with Crippen molar-refractivity contribution in [2.75, 3.05) is 50.7 Å². The molecule has 0 unspecified atom stereocenters. The van der Waals surface area contributed by atoms with Crippen molar-refractivity contribution in [1.82, 2.24) is 30.2 Å². The van der Waals surface area contributed by atoms with Crippen LogP contribution < -0.4 is 15.5 Å². The number of aromatic nitrogens is 2. The number of urea groups is 1. The summed E-state index contributed by atoms with van der Waals surface area (Å²) in [5.41, 5.74) is 0.780. The van der Waals surface area contributed by atoms with Crippen LogP contribution in [-0.4, -0.2) is 89.2 Å². The summed E-state index contributed by atoms with van der Waals surface area (Å²) in [7, 11) is 1.81. The first-order valence-electron chi connectivity index (χ1n) is 8.90. The van der Waals surface area contributed by atoms with Gasteiger partial charge in [-0.25, -0.2) is 4.79 Å². The summed E-state index contributed by atoms with van der Waals surface area (Å²) in [4.78, 5) is 44.9. The van der Waals surface area contributed by atoms with Crippen LogP contribution in [0.25, 0.3) is 0 Å². The second-order valence-corrected chi connectivity index (χ2v) is 6.28. The van der Waals surface area contributed by atoms with Crippen molar-refractivity contribution < 1.29 is 14.4 Å². The number of anilines is 1. The molecule has 2 N–H and O–H groups in total. The minimum Gasteiger partial charge on any atom is -0.357 e. The molecule has 0 aliphatic carbocycles. The lowest BCUT2D eigenvalue weighted by atomic mass is 10.3. The van der Waals surface area contributed by atoms with Gasteiger partial charge in [-0.2, -0.15) is 5.10 Å². The summed E-state index contributed by atoms with van der Waals surface area (Å²) >= 11 is 0. The van der Waals surface area contributed by atoms with Gasteiger partial charge in [0, 0.05) is 32.9 Å². The minimum absolute atomic E-state index is 0.0334. The van der Waals surface area contributed by atoms with Crippen LogP contribution in [0.4, 0.5) is 10.5 Å². The first kappa shape index (κ1) is 18.7. The fraction of sp³-hybridized carbons (Fsp3) is 0.562. The molecule has 3 rings (SSSR count). The van der Waals surface area contributed by atoms with Gasteiger partial charge in [0.15, 0.2) is 5.96 Å². The summed E-state index contributed by atoms with van der Waals surface area (Å²) in [6.45, 7) is 4.47. The number of aryl methyl sites for hydroxylation is 1. The highest BCUT2D eigenvalue weighted by molar-refractivity contribution is 6.02. The predicted octanol–water partition coefficient (Wildman–Crippen LogP) is -1.41. The van der Waals surface area contributed by atoms with Gasteiger partial charge in [-0.3, -0.25) is 24.2 Å². The molecule has 2 fully saturated rings. The molecule has 1 aromatic rings. The van der Waals surface area contributed by atoms with Crippen molar-refractivity contribution in [2.24, 2.45) is 12.0 Å². The van der Waals surface area contributed by atoms with Crippen LogP contribution in [-0.2, 0) is 16.6 Å². The Labute approximate surface area is 157 Å². The van der Waals surface area contributed by atoms with Crippen LogP contribution >= 0.6 is 0 Å². The van der Waals surface area contributed by atoms with E-state index in [1.807, 2.05) is 25.1 Å². The van der Waals surface area contributed by atoms with Gasteiger partial charge in [0.25, 0.3) is 0 Å². The number of carbonyl (C=O) groups excluding carboxylic acids is 3. The van der Waals surface area contributed by atoms with Crippen molar-refractivity contribution in [1.29, 1.82) is 0 Å². The quantitative estimate of drug-likeness (QED) is 0.371. The number of hydrogen-bond acceptors (Lipinski definition) is 5. The molecule has 0 aromatic carbocycles. The van der Waals surface area contributed by atoms with Crippen molar-refractivity contribution in [3.63, 3.8) is 0 Å². The number of piperazine rings is 1. The van der Waals surface area contributed by atoms with E-state index in [9.17, 15) is 14.4 Å². The smallest absolute Gasteiger partial charge is 0.324 e. The minimum atomic E-state index is -0.388. The standard InChI is InChI=1S/C16H24N8O3/c1-3-17-15(18-4-5-24-13(25)9-19-16(24)27)22-6-7-23(14(26)11-22)12-8-20-21(2)10-12/h8,10H,3-7,9,11H2,1-2H3,(H,17,18)(H,19,27). The fourth-order valence-corrected chi connectivity index (χ4v) is 3.04. The van der Waals surface area contributed by atoms with Gasteiger partial charge >= 0.3 is 6.03 Å². The van der Waals surface area contributed by atoms with E-state index in [4.69, 9.17) is 0 Å². The van der Waals surface area contributed by atoms with Crippen LogP contribution in [0, 0.1) is 0 Å². The highest BCUT2D eigenvalue weighted by Crippen LogP contribution is 2.16. The van der Waals surface area contributed by atoms with E-state index in [0.717, 1.165) is 10.6 Å². The van der Waals surface area contributed by atoms with Crippen LogP contribution in [0.1, 0.15) is 6.92 Å². The number of nitrogens with zero attached hydrogens (tertiary/aromatic N) is 6. The van der Waals surface area contributed by atoms with Crippen molar-refractivity contribution >= 4 is 29.5 Å². The Morgan fingerprint density at radius 2 is 2.11 bits per heavy atom. The molecular weight excluding hydrogens is 352 g/mol. The van der Waals surface area contributed by atoms with Crippen LogP contribution in [0.15, 0.2) is 17.4 Å². The number of hydrogen-bond donors (Lipinski definition) is 2. The molecule has 2 aliphatic heterocycles. The average molecular weight is 376 g/mol. The molecule has 0 radical (unpaired) electrons. The van der Waals surface area contributed by atoms with Gasteiger partial charge in [-0.05, 0) is 6.92 Å². The third-order valence-electron chi connectivity index (χ3n) is 4.38. The predicted molar refractivity (Wildman–Crippen MR) is 98.2 cm³/mol. The molecule has 3 heterocycles. The van der Waals surface area contributed by atoms with Crippen molar-refractivity contribution in [2.45, 2.75) is 6.92 Å². The normalized spacial score (nSPS) is 18.4. The molecule has 2 saturated heterocycles. The number of rotatable bonds is 5. The van der Waals surface area contributed by atoms with Gasteiger partial charge in [0.05, 0.1) is 31.5 Å². The van der Waals surface area contributed by atoms with Gasteiger partial charge < -0.3 is 20.4 Å². The second kappa shape index (κ2) is 8.06. The molecule has 0 spiro atoms. The SMILES string of the molecule is CCNC(=NCCN1C(=O)CNC1=O)N1CCN(c2cnn(C)c2)C(=O)C1. The van der Waals surface area contributed by atoms with E-state index >= 15 is 0 Å². The lowest BCUT2D eigenvalue weighted by Crippen LogP contribution is -2.55. The van der Waals surface area contributed by atoms with Gasteiger partial charge in [0.1, 0.15) is 6.54 Å². The Kier molecular flexibility index (Phi) is 5.57. The van der Waals surface area contributed by atoms with Gasteiger partial charge in [-0.15, -0.1) is 0 Å². The Morgan fingerprint density at radius 3 is 2.70 bits per heavy atom. The topological polar surface area (TPSA) is 115 Å². The van der Waals surface area contributed by atoms with E-state index in [-0.39, 0.29) is 44.0 Å². The zero-order chi connectivity index (χ0) is 19.4. The maximum atomic E-state index is 12.6. The van der Waals surface area contributed by atoms with Crippen LogP contribution in [0.5, 0.6) is 0 Å². The molecule has 0 atom stereocenters. The Balaban J connectivity index is 1.60. The lowest BCUT2D eigenvalue weighted by molar-refractivity contribution is -0.125. The van der Waals surface area contributed by atoms with E-state index < -0.39 is 0 Å². The lowest BCUT2D eigenvalue weighted by Gasteiger charge is -2.35. The molecule has 27 heavy (non-hydrogen) atoms. The Bertz CT molecular complexity index is 743. The highest BCUT2D eigenvalue weighted by Gasteiger charge is 2.29. The molecular formula is C16H24N8O3. The molecule has 11 nitrogen and oxygen atoms in total. The first-order chi connectivity index (χ1) is 13.0. The summed E-state index contributed by atoms with van der Waals surface area (Å²) in [6.07, 6.45) is 3.48. The summed E-state index contributed by atoms with van der Waals surface area (Å²) in [5, 5.41) is 9.75. The van der Waals surface area contributed by atoms with Crippen molar-refractivity contribution in [3.05, 3.63) is 12.4 Å². The third-order valence-corrected chi connectivity index (χ3v) is 4.38. The average Bonchev–Trinajstić information content (AvgIpc) is 3.20. The summed E-state index contributed by atoms with van der Waals surface area (Å²) in [6, 6.07) is -0.388. The summed E-state index contributed by atoms with van der Waals surface area (Å²) < 4.78 is 1.66. The number of nitrogens with one attached hydrogen (secondary N) is 2. The maximum Gasteiger partial charge on any atom is 0.324 e. The largest absolute Gasteiger partial charge is 0.357 e. The number of carbonyl (C=O) groups is 3. The van der Waals surface area contributed by atoms with Gasteiger partial charge in [-0.1, -0.05) is 0 Å². The molecule has 0 saturated carbocycles. The number of aliphatic imine (C=N–C) groups is 1. The molecule has 2 aliphatic rings. The van der Waals surface area contributed by atoms with Crippen LogP contribution in [0.2, 0.25) is 0 Å². The van der Waals surface area contributed by atoms with Gasteiger partial charge in [0.2, 0.25) is 11.8 Å². The van der Waals surface area contributed by atoms with E-state index in [0.29, 0.717) is 25.6 Å². The maximum absolute atomic E-state index is 12.6. The van der Waals surface area contributed by atoms with Crippen LogP contribution in [0.3, 0.4) is 0 Å². The highest BCUT2D eigenvalue weighted by atomic mass is 16.2. The molecule has 1 aromatic heterocycles. The second-order valence-electron chi connectivity index (χ2n) is 6.28. The van der Waals surface area contributed by atoms with E-state index in [2.05, 4.69) is 20.7 Å². The summed E-state index contributed by atoms with van der Waals surface area (Å²) in [5.74, 6) is 0.318. The zero-order valence-electron chi connectivity index (χ0n) is 15.5. The Morgan fingerprint density at radius 1 is 1.30 bits per heavy atom. The van der Waals surface area contributed by atoms with E-state index in [1.54, 1.807) is 15.8 Å². The third kappa shape index (κ3) is 4.18. The number of imide groups is 1. The monoisotopic (exact) mass is 376 g/mol. The molecule has 0 bridgehead atoms. The first-order valence-corrected chi connectivity index (χ1v) is 8.90. The number of guanidine groups is 1. The molecule has 4 amide bonds. The molecule has 11 heteroatoms.